The second-order valence-electron chi connectivity index (χ2n) is 4.23. The number of aromatic hydroxyl groups is 1. The Hall–Kier alpha value is -2.29. The zero-order valence-corrected chi connectivity index (χ0v) is 9.93. The van der Waals surface area contributed by atoms with Crippen LogP contribution in [0.4, 0.5) is 0 Å². The Balaban J connectivity index is 2.56. The van der Waals surface area contributed by atoms with Gasteiger partial charge in [-0.3, -0.25) is 4.79 Å². The predicted molar refractivity (Wildman–Crippen MR) is 70.2 cm³/mol. The first-order chi connectivity index (χ1) is 8.76. The highest BCUT2D eigenvalue weighted by Crippen LogP contribution is 2.36. The number of phenolic OH excluding ortho intramolecular Hbond substituents is 1. The molecule has 3 heteroatoms. The summed E-state index contributed by atoms with van der Waals surface area (Å²) in [5.74, 6) is 0.834. The number of carbonyl (C=O) groups excluding carboxylic acids is 1. The summed E-state index contributed by atoms with van der Waals surface area (Å²) >= 11 is 0. The van der Waals surface area contributed by atoms with Gasteiger partial charge in [-0.1, -0.05) is 31.2 Å². The Kier molecular flexibility index (Phi) is 2.33. The number of benzene rings is 2. The third-order valence-corrected chi connectivity index (χ3v) is 3.23. The normalized spacial score (nSPS) is 11.2. The van der Waals surface area contributed by atoms with Crippen molar-refractivity contribution < 1.29 is 14.3 Å². The quantitative estimate of drug-likeness (QED) is 0.695. The van der Waals surface area contributed by atoms with Gasteiger partial charge in [0.25, 0.3) is 0 Å². The molecule has 3 rings (SSSR count). The lowest BCUT2D eigenvalue weighted by Crippen LogP contribution is -1.84. The van der Waals surface area contributed by atoms with Crippen LogP contribution in [0, 0.1) is 0 Å². The van der Waals surface area contributed by atoms with E-state index in [4.69, 9.17) is 4.42 Å². The van der Waals surface area contributed by atoms with Crippen LogP contribution in [0.1, 0.15) is 23.0 Å². The second kappa shape index (κ2) is 3.88. The van der Waals surface area contributed by atoms with Gasteiger partial charge in [-0.25, -0.2) is 0 Å². The first-order valence-corrected chi connectivity index (χ1v) is 5.87. The van der Waals surface area contributed by atoms with E-state index in [0.717, 1.165) is 17.1 Å². The average Bonchev–Trinajstić information content (AvgIpc) is 2.77. The summed E-state index contributed by atoms with van der Waals surface area (Å²) in [7, 11) is 0. The van der Waals surface area contributed by atoms with E-state index in [2.05, 4.69) is 0 Å². The van der Waals surface area contributed by atoms with Crippen LogP contribution in [-0.2, 0) is 6.42 Å². The minimum atomic E-state index is 0.171. The Labute approximate surface area is 104 Å². The summed E-state index contributed by atoms with van der Waals surface area (Å²) in [6.07, 6.45) is 1.44. The maximum absolute atomic E-state index is 11.2. The number of fused-ring (bicyclic) bond motifs is 3. The molecule has 0 unspecified atom stereocenters. The van der Waals surface area contributed by atoms with Crippen molar-refractivity contribution in [1.29, 1.82) is 0 Å². The third-order valence-electron chi connectivity index (χ3n) is 3.23. The molecule has 0 spiro atoms. The van der Waals surface area contributed by atoms with Crippen molar-refractivity contribution in [2.75, 3.05) is 0 Å². The van der Waals surface area contributed by atoms with Crippen LogP contribution in [0.2, 0.25) is 0 Å². The highest BCUT2D eigenvalue weighted by Gasteiger charge is 2.16. The van der Waals surface area contributed by atoms with Gasteiger partial charge in [-0.2, -0.15) is 0 Å². The molecule has 2 aromatic carbocycles. The van der Waals surface area contributed by atoms with Gasteiger partial charge in [0.2, 0.25) is 0 Å². The van der Waals surface area contributed by atoms with Gasteiger partial charge in [0.15, 0.2) is 6.29 Å². The molecule has 0 saturated carbocycles. The Bertz CT molecular complexity index is 753. The van der Waals surface area contributed by atoms with Gasteiger partial charge in [0, 0.05) is 22.6 Å². The van der Waals surface area contributed by atoms with Gasteiger partial charge in [-0.05, 0) is 6.07 Å². The molecule has 0 aliphatic heterocycles. The number of aldehydes is 1. The SMILES string of the molecule is CCc1oc2c(cc(O)c3ccccc32)c1C=O. The van der Waals surface area contributed by atoms with Crippen LogP contribution in [0.3, 0.4) is 0 Å². The molecular formula is C15H12O3. The average molecular weight is 240 g/mol. The van der Waals surface area contributed by atoms with Gasteiger partial charge in [0.05, 0.1) is 5.56 Å². The highest BCUT2D eigenvalue weighted by atomic mass is 16.3. The fourth-order valence-corrected chi connectivity index (χ4v) is 2.36. The molecule has 3 nitrogen and oxygen atoms in total. The molecule has 1 N–H and O–H groups in total. The van der Waals surface area contributed by atoms with Crippen LogP contribution in [0.5, 0.6) is 5.75 Å². The lowest BCUT2D eigenvalue weighted by Gasteiger charge is -2.01. The molecule has 0 saturated heterocycles. The molecule has 0 fully saturated rings. The topological polar surface area (TPSA) is 50.4 Å². The molecule has 0 bridgehead atoms. The monoisotopic (exact) mass is 240 g/mol. The molecule has 90 valence electrons. The van der Waals surface area contributed by atoms with E-state index in [-0.39, 0.29) is 5.75 Å². The molecule has 1 heterocycles. The first kappa shape index (κ1) is 10.8. The van der Waals surface area contributed by atoms with Crippen molar-refractivity contribution >= 4 is 28.0 Å². The summed E-state index contributed by atoms with van der Waals surface area (Å²) in [5.41, 5.74) is 1.20. The van der Waals surface area contributed by atoms with Crippen molar-refractivity contribution in [2.24, 2.45) is 0 Å². The summed E-state index contributed by atoms with van der Waals surface area (Å²) in [6, 6.07) is 9.06. The highest BCUT2D eigenvalue weighted by molar-refractivity contribution is 6.12. The van der Waals surface area contributed by atoms with Crippen LogP contribution >= 0.6 is 0 Å². The largest absolute Gasteiger partial charge is 0.507 e. The van der Waals surface area contributed by atoms with Gasteiger partial charge < -0.3 is 9.52 Å². The Morgan fingerprint density at radius 3 is 2.61 bits per heavy atom. The van der Waals surface area contributed by atoms with Crippen LogP contribution in [-0.4, -0.2) is 11.4 Å². The summed E-state index contributed by atoms with van der Waals surface area (Å²) in [5, 5.41) is 12.3. The van der Waals surface area contributed by atoms with E-state index in [9.17, 15) is 9.90 Å². The maximum atomic E-state index is 11.2. The van der Waals surface area contributed by atoms with Crippen molar-refractivity contribution in [3.05, 3.63) is 41.7 Å². The van der Waals surface area contributed by atoms with E-state index in [1.807, 2.05) is 31.2 Å². The number of furan rings is 1. The molecule has 0 amide bonds. The lowest BCUT2D eigenvalue weighted by atomic mass is 10.0. The van der Waals surface area contributed by atoms with Crippen LogP contribution < -0.4 is 0 Å². The number of phenols is 1. The third kappa shape index (κ3) is 1.34. The number of hydrogen-bond acceptors (Lipinski definition) is 3. The number of hydrogen-bond donors (Lipinski definition) is 1. The number of carbonyl (C=O) groups is 1. The standard InChI is InChI=1S/C15H12O3/c1-2-14-12(8-16)11-7-13(17)9-5-3-4-6-10(9)15(11)18-14/h3-8,17H,2H2,1H3. The number of rotatable bonds is 2. The molecule has 0 radical (unpaired) electrons. The van der Waals surface area contributed by atoms with E-state index in [0.29, 0.717) is 28.7 Å². The van der Waals surface area contributed by atoms with Gasteiger partial charge in [0.1, 0.15) is 17.1 Å². The van der Waals surface area contributed by atoms with Crippen LogP contribution in [0.25, 0.3) is 21.7 Å². The fraction of sp³-hybridized carbons (Fsp3) is 0.133. The molecule has 0 aliphatic rings. The first-order valence-electron chi connectivity index (χ1n) is 5.87. The summed E-state index contributed by atoms with van der Waals surface area (Å²) < 4.78 is 5.77. The maximum Gasteiger partial charge on any atom is 0.154 e. The van der Waals surface area contributed by atoms with Crippen molar-refractivity contribution in [3.8, 4) is 5.75 Å². The van der Waals surface area contributed by atoms with Crippen LogP contribution in [0.15, 0.2) is 34.7 Å². The van der Waals surface area contributed by atoms with Gasteiger partial charge in [-0.15, -0.1) is 0 Å². The molecular weight excluding hydrogens is 228 g/mol. The molecule has 1 aromatic heterocycles. The van der Waals surface area contributed by atoms with Crippen molar-refractivity contribution in [3.63, 3.8) is 0 Å². The Morgan fingerprint density at radius 1 is 1.22 bits per heavy atom. The smallest absolute Gasteiger partial charge is 0.154 e. The predicted octanol–water partition coefficient (Wildman–Crippen LogP) is 3.67. The van der Waals surface area contributed by atoms with E-state index >= 15 is 0 Å². The minimum absolute atomic E-state index is 0.171. The molecule has 3 aromatic rings. The molecule has 0 aliphatic carbocycles. The minimum Gasteiger partial charge on any atom is -0.507 e. The number of aryl methyl sites for hydroxylation is 1. The van der Waals surface area contributed by atoms with Crippen molar-refractivity contribution in [1.82, 2.24) is 0 Å². The molecule has 0 atom stereocenters. The fourth-order valence-electron chi connectivity index (χ4n) is 2.36. The Morgan fingerprint density at radius 2 is 1.94 bits per heavy atom. The summed E-state index contributed by atoms with van der Waals surface area (Å²) in [4.78, 5) is 11.2. The summed E-state index contributed by atoms with van der Waals surface area (Å²) in [6.45, 7) is 1.94. The van der Waals surface area contributed by atoms with Crippen molar-refractivity contribution in [2.45, 2.75) is 13.3 Å². The van der Waals surface area contributed by atoms with E-state index < -0.39 is 0 Å². The van der Waals surface area contributed by atoms with Gasteiger partial charge >= 0.3 is 0 Å². The van der Waals surface area contributed by atoms with E-state index in [1.54, 1.807) is 6.07 Å². The second-order valence-corrected chi connectivity index (χ2v) is 4.23. The zero-order chi connectivity index (χ0) is 12.7. The lowest BCUT2D eigenvalue weighted by molar-refractivity contribution is 0.112. The zero-order valence-electron chi connectivity index (χ0n) is 9.93. The molecule has 18 heavy (non-hydrogen) atoms. The van der Waals surface area contributed by atoms with E-state index in [1.165, 1.54) is 0 Å².